The van der Waals surface area contributed by atoms with Crippen LogP contribution in [0, 0.1) is 34.5 Å². The van der Waals surface area contributed by atoms with Crippen molar-refractivity contribution in [3.05, 3.63) is 11.6 Å². The van der Waals surface area contributed by atoms with Crippen LogP contribution in [0.25, 0.3) is 0 Å². The van der Waals surface area contributed by atoms with Gasteiger partial charge >= 0.3 is 0 Å². The summed E-state index contributed by atoms with van der Waals surface area (Å²) in [6.07, 6.45) is 5.83. The number of carbonyl (C=O) groups is 3. The summed E-state index contributed by atoms with van der Waals surface area (Å²) in [5.41, 5.74) is 0.0570. The Kier molecular flexibility index (Phi) is 3.67. The minimum atomic E-state index is -0.679. The molecule has 4 nitrogen and oxygen atoms in total. The fraction of sp³-hybridized carbons (Fsp3) is 0.762. The Morgan fingerprint density at radius 2 is 1.84 bits per heavy atom. The van der Waals surface area contributed by atoms with Gasteiger partial charge in [-0.1, -0.05) is 12.5 Å². The number of hydrogen-bond acceptors (Lipinski definition) is 4. The molecular weight excluding hydrogens is 316 g/mol. The molecule has 25 heavy (non-hydrogen) atoms. The van der Waals surface area contributed by atoms with Crippen LogP contribution in [0.15, 0.2) is 11.6 Å². The van der Waals surface area contributed by atoms with Gasteiger partial charge in [0.1, 0.15) is 5.78 Å². The predicted octanol–water partition coefficient (Wildman–Crippen LogP) is 2.87. The van der Waals surface area contributed by atoms with Gasteiger partial charge in [-0.25, -0.2) is 0 Å². The second-order valence-electron chi connectivity index (χ2n) is 9.22. The summed E-state index contributed by atoms with van der Waals surface area (Å²) in [6, 6.07) is 0. The molecule has 4 aliphatic rings. The third-order valence-electron chi connectivity index (χ3n) is 8.30. The van der Waals surface area contributed by atoms with E-state index in [0.29, 0.717) is 12.8 Å². The topological polar surface area (TPSA) is 71.4 Å². The fourth-order valence-corrected chi connectivity index (χ4v) is 6.67. The molecule has 0 aliphatic heterocycles. The maximum absolute atomic E-state index is 13.3. The molecule has 0 aromatic rings. The first-order chi connectivity index (χ1) is 11.7. The average Bonchev–Trinajstić information content (AvgIpc) is 2.85. The van der Waals surface area contributed by atoms with Crippen LogP contribution in [0.4, 0.5) is 0 Å². The minimum Gasteiger partial charge on any atom is -0.393 e. The molecule has 1 N–H and O–H groups in total. The Morgan fingerprint density at radius 1 is 1.12 bits per heavy atom. The lowest BCUT2D eigenvalue weighted by molar-refractivity contribution is -0.150. The number of aliphatic hydroxyl groups is 1. The van der Waals surface area contributed by atoms with E-state index in [0.717, 1.165) is 31.3 Å². The molecule has 2 unspecified atom stereocenters. The van der Waals surface area contributed by atoms with Crippen LogP contribution in [-0.4, -0.2) is 28.6 Å². The highest BCUT2D eigenvalue weighted by Crippen LogP contribution is 2.63. The van der Waals surface area contributed by atoms with Crippen LogP contribution < -0.4 is 0 Å². The molecule has 4 rings (SSSR count). The van der Waals surface area contributed by atoms with E-state index in [1.165, 1.54) is 6.92 Å². The van der Waals surface area contributed by atoms with E-state index >= 15 is 0 Å². The fourth-order valence-electron chi connectivity index (χ4n) is 6.67. The van der Waals surface area contributed by atoms with Crippen molar-refractivity contribution in [3.63, 3.8) is 0 Å². The Bertz CT molecular complexity index is 692. The Hall–Kier alpha value is -1.29. The summed E-state index contributed by atoms with van der Waals surface area (Å²) in [7, 11) is 0. The Morgan fingerprint density at radius 3 is 2.52 bits per heavy atom. The molecule has 4 heteroatoms. The quantitative estimate of drug-likeness (QED) is 0.743. The molecule has 136 valence electrons. The molecule has 0 aromatic heterocycles. The maximum Gasteiger partial charge on any atom is 0.159 e. The van der Waals surface area contributed by atoms with Crippen LogP contribution in [0.2, 0.25) is 0 Å². The zero-order valence-electron chi connectivity index (χ0n) is 15.4. The molecule has 4 aliphatic carbocycles. The van der Waals surface area contributed by atoms with Crippen LogP contribution in [-0.2, 0) is 14.4 Å². The lowest BCUT2D eigenvalue weighted by Gasteiger charge is -2.56. The van der Waals surface area contributed by atoms with E-state index in [4.69, 9.17) is 0 Å². The van der Waals surface area contributed by atoms with Gasteiger partial charge in [0.15, 0.2) is 11.6 Å². The number of ketones is 3. The van der Waals surface area contributed by atoms with Crippen LogP contribution in [0.1, 0.15) is 59.3 Å². The monoisotopic (exact) mass is 344 g/mol. The molecule has 0 spiro atoms. The van der Waals surface area contributed by atoms with Gasteiger partial charge in [0.05, 0.1) is 17.4 Å². The number of fused-ring (bicyclic) bond motifs is 5. The number of rotatable bonds is 1. The van der Waals surface area contributed by atoms with Crippen molar-refractivity contribution >= 4 is 17.3 Å². The van der Waals surface area contributed by atoms with Gasteiger partial charge < -0.3 is 5.11 Å². The van der Waals surface area contributed by atoms with Gasteiger partial charge in [0, 0.05) is 5.92 Å². The minimum absolute atomic E-state index is 0.0157. The van der Waals surface area contributed by atoms with Crippen molar-refractivity contribution in [2.24, 2.45) is 34.5 Å². The first-order valence-corrected chi connectivity index (χ1v) is 9.69. The van der Waals surface area contributed by atoms with Gasteiger partial charge in [-0.15, -0.1) is 0 Å². The number of allylic oxidation sites excluding steroid dienone is 2. The van der Waals surface area contributed by atoms with Crippen LogP contribution >= 0.6 is 0 Å². The summed E-state index contributed by atoms with van der Waals surface area (Å²) in [5, 5.41) is 10.5. The lowest BCUT2D eigenvalue weighted by atomic mass is 9.46. The smallest absolute Gasteiger partial charge is 0.159 e. The highest BCUT2D eigenvalue weighted by atomic mass is 16.3. The number of Topliss-reactive ketones (excluding diaryl/α,β-unsaturated/α-hetero) is 2. The molecule has 0 heterocycles. The number of aliphatic hydroxyl groups excluding tert-OH is 1. The first-order valence-electron chi connectivity index (χ1n) is 9.69. The molecule has 0 radical (unpaired) electrons. The van der Waals surface area contributed by atoms with E-state index in [2.05, 4.69) is 6.92 Å². The summed E-state index contributed by atoms with van der Waals surface area (Å²) in [5.74, 6) is -0.431. The standard InChI is InChI=1S/C21H28O4/c1-11(22)13-5-4-12-10-16(23)18-14-6-7-17(24)20(14,2)9-8-15(18)21(12,3)19(13)25/h10,13-15,17-18,24H,4-9H2,1-3H3/t13?,14-,15+,17?,18-,20-,21-/m0/s1. The highest BCUT2D eigenvalue weighted by Gasteiger charge is 2.63. The molecule has 0 amide bonds. The lowest BCUT2D eigenvalue weighted by Crippen LogP contribution is -2.57. The first kappa shape index (κ1) is 17.1. The van der Waals surface area contributed by atoms with Gasteiger partial charge in [0.25, 0.3) is 0 Å². The van der Waals surface area contributed by atoms with Gasteiger partial charge in [-0.2, -0.15) is 0 Å². The third-order valence-corrected chi connectivity index (χ3v) is 8.30. The van der Waals surface area contributed by atoms with Gasteiger partial charge in [0.2, 0.25) is 0 Å². The van der Waals surface area contributed by atoms with E-state index in [9.17, 15) is 19.5 Å². The zero-order valence-corrected chi connectivity index (χ0v) is 15.4. The predicted molar refractivity (Wildman–Crippen MR) is 92.7 cm³/mol. The largest absolute Gasteiger partial charge is 0.393 e. The SMILES string of the molecule is CC(=O)C1CCC2=CC(=O)[C@@H]3[C@@H](CC[C@]4(C)C(O)CC[C@@H]34)[C@@]2(C)C1=O. The summed E-state index contributed by atoms with van der Waals surface area (Å²) in [4.78, 5) is 38.3. The normalized spacial score (nSPS) is 49.1. The van der Waals surface area contributed by atoms with Gasteiger partial charge in [-0.3, -0.25) is 14.4 Å². The van der Waals surface area contributed by atoms with E-state index in [1.54, 1.807) is 6.08 Å². The molecule has 3 saturated carbocycles. The number of hydrogen-bond donors (Lipinski definition) is 1. The molecule has 0 aromatic carbocycles. The molecule has 0 bridgehead atoms. The summed E-state index contributed by atoms with van der Waals surface area (Å²) in [6.45, 7) is 5.60. The van der Waals surface area contributed by atoms with Crippen molar-refractivity contribution in [2.45, 2.75) is 65.4 Å². The van der Waals surface area contributed by atoms with Crippen LogP contribution in [0.3, 0.4) is 0 Å². The van der Waals surface area contributed by atoms with Crippen molar-refractivity contribution in [1.82, 2.24) is 0 Å². The highest BCUT2D eigenvalue weighted by molar-refractivity contribution is 6.08. The van der Waals surface area contributed by atoms with E-state index < -0.39 is 11.3 Å². The second kappa shape index (κ2) is 5.35. The Labute approximate surface area is 149 Å². The Balaban J connectivity index is 1.79. The van der Waals surface area contributed by atoms with Crippen molar-refractivity contribution < 1.29 is 19.5 Å². The van der Waals surface area contributed by atoms with E-state index in [1.807, 2.05) is 6.92 Å². The summed E-state index contributed by atoms with van der Waals surface area (Å²) >= 11 is 0. The molecule has 0 saturated heterocycles. The van der Waals surface area contributed by atoms with Gasteiger partial charge in [-0.05, 0) is 75.7 Å². The third kappa shape index (κ3) is 2.06. The average molecular weight is 344 g/mol. The second-order valence-corrected chi connectivity index (χ2v) is 9.22. The van der Waals surface area contributed by atoms with E-state index in [-0.39, 0.29) is 46.6 Å². The zero-order chi connectivity index (χ0) is 18.1. The molecular formula is C21H28O4. The van der Waals surface area contributed by atoms with Crippen LogP contribution in [0.5, 0.6) is 0 Å². The summed E-state index contributed by atoms with van der Waals surface area (Å²) < 4.78 is 0. The molecule has 7 atom stereocenters. The number of carbonyl (C=O) groups excluding carboxylic acids is 3. The maximum atomic E-state index is 13.3. The van der Waals surface area contributed by atoms with Crippen molar-refractivity contribution in [3.8, 4) is 0 Å². The van der Waals surface area contributed by atoms with Crippen molar-refractivity contribution in [2.75, 3.05) is 0 Å². The molecule has 3 fully saturated rings. The van der Waals surface area contributed by atoms with Crippen molar-refractivity contribution in [1.29, 1.82) is 0 Å².